The molecule has 0 aliphatic heterocycles. The van der Waals surface area contributed by atoms with E-state index in [4.69, 9.17) is 0 Å². The van der Waals surface area contributed by atoms with Gasteiger partial charge in [0.25, 0.3) is 0 Å². The van der Waals surface area contributed by atoms with E-state index in [-0.39, 0.29) is 38.6 Å². The number of nitrogens with one attached hydrogen (secondary N) is 2. The molecule has 0 aliphatic rings. The number of carbonyl (C=O) groups is 1. The fourth-order valence-electron chi connectivity index (χ4n) is 0.267. The molecule has 0 spiro atoms. The minimum Gasteiger partial charge on any atom is -0.534 e. The normalized spacial score (nSPS) is 7.33. The molecule has 9 heavy (non-hydrogen) atoms. The van der Waals surface area contributed by atoms with E-state index in [0.29, 0.717) is 6.54 Å². The van der Waals surface area contributed by atoms with Gasteiger partial charge in [-0.2, -0.15) is 0 Å². The molecule has 0 aromatic carbocycles. The average Bonchev–Trinajstić information content (AvgIpc) is 1.83. The van der Waals surface area contributed by atoms with Gasteiger partial charge in [0.2, 0.25) is 0 Å². The zero-order valence-electron chi connectivity index (χ0n) is 5.48. The molecule has 0 aromatic heterocycles. The minimum absolute atomic E-state index is 0. The third-order valence-corrected chi connectivity index (χ3v) is 0.666. The predicted octanol–water partition coefficient (Wildman–Crippen LogP) is -0.685. The second kappa shape index (κ2) is 8.40. The van der Waals surface area contributed by atoms with E-state index < -0.39 is 0 Å². The number of carbonyl (C=O) groups excluding carboxylic acids is 1. The van der Waals surface area contributed by atoms with Crippen LogP contribution < -0.4 is 10.6 Å². The molecule has 0 atom stereocenters. The minimum atomic E-state index is -0.153. The van der Waals surface area contributed by atoms with Gasteiger partial charge in [0.1, 0.15) is 0 Å². The van der Waals surface area contributed by atoms with Gasteiger partial charge in [-0.05, 0) is 7.05 Å². The summed E-state index contributed by atoms with van der Waals surface area (Å²) in [5.41, 5.74) is 0. The van der Waals surface area contributed by atoms with E-state index in [0.717, 1.165) is 0 Å². The molecule has 0 unspecified atom stereocenters. The van der Waals surface area contributed by atoms with Gasteiger partial charge in [-0.15, -0.1) is 6.54 Å². The van der Waals surface area contributed by atoms with E-state index in [1.165, 1.54) is 6.42 Å². The van der Waals surface area contributed by atoms with Crippen LogP contribution in [0.4, 0.5) is 0 Å². The van der Waals surface area contributed by atoms with Crippen LogP contribution in [0.2, 0.25) is 0 Å². The third-order valence-electron chi connectivity index (χ3n) is 0.666. The number of hydrogen-bond donors (Lipinski definition) is 2. The maximum absolute atomic E-state index is 10.3. The van der Waals surface area contributed by atoms with Crippen LogP contribution in [0.1, 0.15) is 0 Å². The first-order valence-corrected chi connectivity index (χ1v) is 2.36. The van der Waals surface area contributed by atoms with Gasteiger partial charge < -0.3 is 15.4 Å². The summed E-state index contributed by atoms with van der Waals surface area (Å²) in [5.74, 6) is -0.153. The van der Waals surface area contributed by atoms with Crippen LogP contribution in [0.5, 0.6) is 0 Å². The van der Waals surface area contributed by atoms with Crippen molar-refractivity contribution in [1.82, 2.24) is 10.6 Å². The van der Waals surface area contributed by atoms with Crippen molar-refractivity contribution in [3.8, 4) is 0 Å². The fraction of sp³-hybridized carbons (Fsp3) is 0.400. The molecule has 3 nitrogen and oxygen atoms in total. The Morgan fingerprint density at radius 2 is 2.33 bits per heavy atom. The molecule has 0 fully saturated rings. The number of hydrogen-bond acceptors (Lipinski definition) is 2. The molecule has 0 aromatic rings. The van der Waals surface area contributed by atoms with Gasteiger partial charge in [-0.25, -0.2) is 0 Å². The van der Waals surface area contributed by atoms with Crippen molar-refractivity contribution in [3.63, 3.8) is 0 Å². The van der Waals surface area contributed by atoms with E-state index in [2.05, 4.69) is 17.7 Å². The molecular weight excluding hydrogens is 193 g/mol. The summed E-state index contributed by atoms with van der Waals surface area (Å²) >= 11 is 0. The standard InChI is InChI=1S/C5H10N2O.Y/c1-6-4-3-5(8)7-2;/h3,6H,2,4H2,1H3,(H,7,8);/q-2;. The van der Waals surface area contributed by atoms with Crippen molar-refractivity contribution in [1.29, 1.82) is 0 Å². The second-order valence-corrected chi connectivity index (χ2v) is 1.30. The smallest absolute Gasteiger partial charge is 0.0539 e. The SMILES string of the molecule is [CH2-]NC(=O)[CH-]CNC.[Y]. The van der Waals surface area contributed by atoms with Crippen molar-refractivity contribution in [2.24, 2.45) is 0 Å². The van der Waals surface area contributed by atoms with Crippen LogP contribution in [-0.4, -0.2) is 19.5 Å². The summed E-state index contributed by atoms with van der Waals surface area (Å²) in [4.78, 5) is 10.3. The van der Waals surface area contributed by atoms with Crippen LogP contribution in [0.3, 0.4) is 0 Å². The largest absolute Gasteiger partial charge is 0.534 e. The quantitative estimate of drug-likeness (QED) is 0.596. The Hall–Kier alpha value is 0.404. The molecular formula is C5H10N2OY-2. The van der Waals surface area contributed by atoms with Gasteiger partial charge in [-0.1, -0.05) is 0 Å². The number of rotatable bonds is 3. The van der Waals surface area contributed by atoms with Crippen LogP contribution >= 0.6 is 0 Å². The van der Waals surface area contributed by atoms with E-state index in [1.807, 2.05) is 0 Å². The first-order chi connectivity index (χ1) is 3.81. The van der Waals surface area contributed by atoms with Crippen molar-refractivity contribution >= 4 is 5.91 Å². The zero-order valence-corrected chi connectivity index (χ0v) is 8.32. The summed E-state index contributed by atoms with van der Waals surface area (Å²) < 4.78 is 0. The van der Waals surface area contributed by atoms with Crippen LogP contribution in [0.25, 0.3) is 0 Å². The second-order valence-electron chi connectivity index (χ2n) is 1.30. The Balaban J connectivity index is 0. The molecule has 0 saturated carbocycles. The summed E-state index contributed by atoms with van der Waals surface area (Å²) in [7, 11) is 4.95. The third kappa shape index (κ3) is 8.40. The van der Waals surface area contributed by atoms with Crippen molar-refractivity contribution in [2.45, 2.75) is 0 Å². The Morgan fingerprint density at radius 3 is 2.67 bits per heavy atom. The maximum Gasteiger partial charge on any atom is 0.0539 e. The van der Waals surface area contributed by atoms with Crippen molar-refractivity contribution in [3.05, 3.63) is 13.5 Å². The van der Waals surface area contributed by atoms with Crippen molar-refractivity contribution in [2.75, 3.05) is 13.6 Å². The summed E-state index contributed by atoms with van der Waals surface area (Å²) in [6, 6.07) is 0. The molecule has 0 rings (SSSR count). The first-order valence-electron chi connectivity index (χ1n) is 2.36. The zero-order chi connectivity index (χ0) is 6.41. The molecule has 0 saturated heterocycles. The van der Waals surface area contributed by atoms with E-state index in [1.54, 1.807) is 7.05 Å². The molecule has 0 bridgehead atoms. The topological polar surface area (TPSA) is 41.1 Å². The Kier molecular flexibility index (Phi) is 11.3. The van der Waals surface area contributed by atoms with Crippen LogP contribution in [0.15, 0.2) is 0 Å². The monoisotopic (exact) mass is 203 g/mol. The molecule has 1 amide bonds. The molecule has 1 radical (unpaired) electrons. The van der Waals surface area contributed by atoms with Crippen molar-refractivity contribution < 1.29 is 37.5 Å². The summed E-state index contributed by atoms with van der Waals surface area (Å²) in [6.07, 6.45) is 1.48. The van der Waals surface area contributed by atoms with Crippen LogP contribution in [-0.2, 0) is 37.5 Å². The average molecular weight is 203 g/mol. The molecule has 2 N–H and O–H groups in total. The summed E-state index contributed by atoms with van der Waals surface area (Å²) in [6.45, 7) is 0.585. The van der Waals surface area contributed by atoms with E-state index >= 15 is 0 Å². The predicted molar refractivity (Wildman–Crippen MR) is 31.7 cm³/mol. The van der Waals surface area contributed by atoms with Crippen LogP contribution in [0, 0.1) is 13.5 Å². The van der Waals surface area contributed by atoms with Gasteiger partial charge in [0, 0.05) is 32.7 Å². The van der Waals surface area contributed by atoms with E-state index in [9.17, 15) is 4.79 Å². The summed E-state index contributed by atoms with van der Waals surface area (Å²) in [5, 5.41) is 5.00. The number of amides is 1. The Labute approximate surface area is 80.8 Å². The fourth-order valence-corrected chi connectivity index (χ4v) is 0.267. The molecule has 51 valence electrons. The molecule has 0 aliphatic carbocycles. The van der Waals surface area contributed by atoms with Gasteiger partial charge in [-0.3, -0.25) is 13.5 Å². The van der Waals surface area contributed by atoms with Gasteiger partial charge in [0.05, 0.1) is 5.91 Å². The molecule has 0 heterocycles. The van der Waals surface area contributed by atoms with Gasteiger partial charge >= 0.3 is 0 Å². The maximum atomic E-state index is 10.3. The first kappa shape index (κ1) is 12.1. The Bertz CT molecular complexity index is 77.4. The molecule has 4 heteroatoms. The Morgan fingerprint density at radius 1 is 1.78 bits per heavy atom. The van der Waals surface area contributed by atoms with Gasteiger partial charge in [0.15, 0.2) is 0 Å².